The predicted molar refractivity (Wildman–Crippen MR) is 40.2 cm³/mol. The van der Waals surface area contributed by atoms with Crippen LogP contribution in [0.15, 0.2) is 0 Å². The van der Waals surface area contributed by atoms with Gasteiger partial charge in [0.2, 0.25) is 0 Å². The van der Waals surface area contributed by atoms with E-state index in [9.17, 15) is 8.42 Å². The van der Waals surface area contributed by atoms with Crippen LogP contribution in [0.4, 0.5) is 0 Å². The molecule has 0 amide bonds. The van der Waals surface area contributed by atoms with Crippen molar-refractivity contribution in [3.8, 4) is 0 Å². The monoisotopic (exact) mass is 163 g/mol. The zero-order valence-electron chi connectivity index (χ0n) is 5.91. The van der Waals surface area contributed by atoms with E-state index in [-0.39, 0.29) is 11.1 Å². The van der Waals surface area contributed by atoms with E-state index in [4.69, 9.17) is 5.73 Å². The molecule has 0 saturated heterocycles. The van der Waals surface area contributed by atoms with Crippen LogP contribution in [0.3, 0.4) is 0 Å². The molecule has 0 aromatic carbocycles. The van der Waals surface area contributed by atoms with Gasteiger partial charge < -0.3 is 5.73 Å². The third-order valence-electron chi connectivity index (χ3n) is 2.04. The molecule has 4 heteroatoms. The highest BCUT2D eigenvalue weighted by molar-refractivity contribution is 7.91. The largest absolute Gasteiger partial charge is 0.318 e. The van der Waals surface area contributed by atoms with Crippen LogP contribution in [0.2, 0.25) is 0 Å². The molecular formula is C6H13NO2S. The van der Waals surface area contributed by atoms with Crippen LogP contribution in [0.5, 0.6) is 0 Å². The summed E-state index contributed by atoms with van der Waals surface area (Å²) in [6.07, 6.45) is 3.73. The van der Waals surface area contributed by atoms with E-state index >= 15 is 0 Å². The molecule has 1 fully saturated rings. The Balaban J connectivity index is 2.63. The summed E-state index contributed by atoms with van der Waals surface area (Å²) in [4.78, 5) is 0. The SMILES string of the molecule is NCS(=O)(=O)C1CCCC1. The number of hydrogen-bond donors (Lipinski definition) is 1. The van der Waals surface area contributed by atoms with Gasteiger partial charge in [-0.05, 0) is 12.8 Å². The molecule has 1 aliphatic carbocycles. The van der Waals surface area contributed by atoms with Gasteiger partial charge in [-0.3, -0.25) is 0 Å². The van der Waals surface area contributed by atoms with Gasteiger partial charge >= 0.3 is 0 Å². The minimum atomic E-state index is -2.92. The molecule has 0 heterocycles. The van der Waals surface area contributed by atoms with Gasteiger partial charge in [-0.15, -0.1) is 0 Å². The Labute approximate surface area is 61.5 Å². The van der Waals surface area contributed by atoms with Gasteiger partial charge in [0.25, 0.3) is 0 Å². The summed E-state index contributed by atoms with van der Waals surface area (Å²) >= 11 is 0. The molecule has 0 aromatic rings. The highest BCUT2D eigenvalue weighted by Crippen LogP contribution is 2.24. The first-order chi connectivity index (χ1) is 4.67. The molecule has 0 bridgehead atoms. The fourth-order valence-corrected chi connectivity index (χ4v) is 2.71. The smallest absolute Gasteiger partial charge is 0.165 e. The molecule has 0 atom stereocenters. The summed E-state index contributed by atoms with van der Waals surface area (Å²) in [5, 5.41) is -0.127. The van der Waals surface area contributed by atoms with Crippen LogP contribution in [0.25, 0.3) is 0 Å². The standard InChI is InChI=1S/C6H13NO2S/c7-5-10(8,9)6-3-1-2-4-6/h6H,1-5,7H2. The second-order valence-corrected chi connectivity index (χ2v) is 5.06. The fourth-order valence-electron chi connectivity index (χ4n) is 1.38. The topological polar surface area (TPSA) is 60.2 Å². The van der Waals surface area contributed by atoms with Gasteiger partial charge in [-0.1, -0.05) is 12.8 Å². The zero-order valence-corrected chi connectivity index (χ0v) is 6.73. The summed E-state index contributed by atoms with van der Waals surface area (Å²) in [6.45, 7) is 0. The lowest BCUT2D eigenvalue weighted by Gasteiger charge is -2.06. The lowest BCUT2D eigenvalue weighted by molar-refractivity contribution is 0.580. The second-order valence-electron chi connectivity index (χ2n) is 2.74. The van der Waals surface area contributed by atoms with Crippen molar-refractivity contribution in [3.63, 3.8) is 0 Å². The number of rotatable bonds is 2. The molecule has 3 nitrogen and oxygen atoms in total. The van der Waals surface area contributed by atoms with Crippen molar-refractivity contribution in [2.45, 2.75) is 30.9 Å². The summed E-state index contributed by atoms with van der Waals surface area (Å²) in [5.74, 6) is -0.183. The Hall–Kier alpha value is -0.0900. The van der Waals surface area contributed by atoms with Crippen molar-refractivity contribution in [1.82, 2.24) is 0 Å². The summed E-state index contributed by atoms with van der Waals surface area (Å²) < 4.78 is 22.2. The minimum Gasteiger partial charge on any atom is -0.318 e. The zero-order chi connectivity index (χ0) is 7.61. The Bertz CT molecular complexity index is 192. The van der Waals surface area contributed by atoms with Crippen LogP contribution >= 0.6 is 0 Å². The van der Waals surface area contributed by atoms with E-state index in [0.29, 0.717) is 0 Å². The Morgan fingerprint density at radius 1 is 1.30 bits per heavy atom. The van der Waals surface area contributed by atoms with E-state index in [1.165, 1.54) is 0 Å². The van der Waals surface area contributed by atoms with Gasteiger partial charge in [0.1, 0.15) is 0 Å². The summed E-state index contributed by atoms with van der Waals surface area (Å²) in [5.41, 5.74) is 5.10. The Kier molecular flexibility index (Phi) is 2.31. The molecule has 2 N–H and O–H groups in total. The van der Waals surface area contributed by atoms with Crippen molar-refractivity contribution in [3.05, 3.63) is 0 Å². The van der Waals surface area contributed by atoms with Crippen LogP contribution < -0.4 is 5.73 Å². The van der Waals surface area contributed by atoms with Crippen molar-refractivity contribution in [2.75, 3.05) is 5.88 Å². The van der Waals surface area contributed by atoms with E-state index in [1.54, 1.807) is 0 Å². The Morgan fingerprint density at radius 2 is 1.80 bits per heavy atom. The quantitative estimate of drug-likeness (QED) is 0.635. The molecule has 0 unspecified atom stereocenters. The third-order valence-corrected chi connectivity index (χ3v) is 3.99. The van der Waals surface area contributed by atoms with Crippen molar-refractivity contribution < 1.29 is 8.42 Å². The lowest BCUT2D eigenvalue weighted by atomic mass is 10.4. The highest BCUT2D eigenvalue weighted by atomic mass is 32.2. The lowest BCUT2D eigenvalue weighted by Crippen LogP contribution is -2.25. The first kappa shape index (κ1) is 8.01. The molecular weight excluding hydrogens is 150 g/mol. The van der Waals surface area contributed by atoms with Crippen LogP contribution in [0, 0.1) is 0 Å². The highest BCUT2D eigenvalue weighted by Gasteiger charge is 2.26. The molecule has 0 radical (unpaired) electrons. The van der Waals surface area contributed by atoms with E-state index in [2.05, 4.69) is 0 Å². The molecule has 10 heavy (non-hydrogen) atoms. The van der Waals surface area contributed by atoms with E-state index in [0.717, 1.165) is 25.7 Å². The Morgan fingerprint density at radius 3 is 2.20 bits per heavy atom. The van der Waals surface area contributed by atoms with Gasteiger partial charge in [-0.2, -0.15) is 0 Å². The van der Waals surface area contributed by atoms with Gasteiger partial charge in [0.05, 0.1) is 11.1 Å². The maximum atomic E-state index is 11.1. The fraction of sp³-hybridized carbons (Fsp3) is 1.00. The van der Waals surface area contributed by atoms with Crippen LogP contribution in [-0.2, 0) is 9.84 Å². The predicted octanol–water partition coefficient (Wildman–Crippen LogP) is 0.260. The molecule has 1 aliphatic rings. The molecule has 1 saturated carbocycles. The normalized spacial score (nSPS) is 21.7. The van der Waals surface area contributed by atoms with E-state index in [1.807, 2.05) is 0 Å². The molecule has 0 spiro atoms. The van der Waals surface area contributed by atoms with Gasteiger partial charge in [0, 0.05) is 0 Å². The molecule has 60 valence electrons. The van der Waals surface area contributed by atoms with Crippen LogP contribution in [0.1, 0.15) is 25.7 Å². The average Bonchev–Trinajstić information content (AvgIpc) is 2.38. The molecule has 0 aromatic heterocycles. The first-order valence-electron chi connectivity index (χ1n) is 3.58. The van der Waals surface area contributed by atoms with Crippen molar-refractivity contribution in [2.24, 2.45) is 5.73 Å². The third kappa shape index (κ3) is 1.49. The number of hydrogen-bond acceptors (Lipinski definition) is 3. The average molecular weight is 163 g/mol. The summed E-state index contributed by atoms with van der Waals surface area (Å²) in [7, 11) is -2.92. The molecule has 0 aliphatic heterocycles. The second kappa shape index (κ2) is 2.88. The first-order valence-corrected chi connectivity index (χ1v) is 5.30. The van der Waals surface area contributed by atoms with E-state index < -0.39 is 9.84 Å². The minimum absolute atomic E-state index is 0.127. The number of nitrogens with two attached hydrogens (primary N) is 1. The number of sulfone groups is 1. The maximum Gasteiger partial charge on any atom is 0.165 e. The van der Waals surface area contributed by atoms with Crippen molar-refractivity contribution >= 4 is 9.84 Å². The van der Waals surface area contributed by atoms with Crippen LogP contribution in [-0.4, -0.2) is 19.5 Å². The van der Waals surface area contributed by atoms with Gasteiger partial charge in [-0.25, -0.2) is 8.42 Å². The van der Waals surface area contributed by atoms with Crippen molar-refractivity contribution in [1.29, 1.82) is 0 Å². The van der Waals surface area contributed by atoms with Gasteiger partial charge in [0.15, 0.2) is 9.84 Å². The summed E-state index contributed by atoms with van der Waals surface area (Å²) in [6, 6.07) is 0. The maximum absolute atomic E-state index is 11.1. The molecule has 1 rings (SSSR count).